The monoisotopic (exact) mass is 402 g/mol. The van der Waals surface area contributed by atoms with Gasteiger partial charge in [0.1, 0.15) is 11.5 Å². The summed E-state index contributed by atoms with van der Waals surface area (Å²) in [5.41, 5.74) is 1.28. The van der Waals surface area contributed by atoms with Crippen LogP contribution in [0.15, 0.2) is 47.6 Å². The largest absolute Gasteiger partial charge is 0.507 e. The fraction of sp³-hybridized carbons (Fsp3) is 0.167. The van der Waals surface area contributed by atoms with Gasteiger partial charge in [0.25, 0.3) is 0 Å². The molecule has 0 aliphatic heterocycles. The number of phenols is 2. The number of benzene rings is 2. The predicted octanol–water partition coefficient (Wildman–Crippen LogP) is 3.90. The first-order valence-electron chi connectivity index (χ1n) is 9.39. The third kappa shape index (κ3) is 2.64. The Morgan fingerprint density at radius 2 is 1.17 bits per heavy atom. The Morgan fingerprint density at radius 3 is 1.80 bits per heavy atom. The fourth-order valence-electron chi connectivity index (χ4n) is 4.04. The summed E-state index contributed by atoms with van der Waals surface area (Å²) in [7, 11) is 0. The molecule has 0 amide bonds. The highest BCUT2D eigenvalue weighted by molar-refractivity contribution is 6.26. The number of carbonyl (C=O) groups is 4. The van der Waals surface area contributed by atoms with E-state index >= 15 is 0 Å². The van der Waals surface area contributed by atoms with Crippen molar-refractivity contribution in [3.63, 3.8) is 0 Å². The number of phenolic OH excluding ortho intramolecular Hbond substituents is 2. The van der Waals surface area contributed by atoms with E-state index in [1.165, 1.54) is 50.3 Å². The summed E-state index contributed by atoms with van der Waals surface area (Å²) in [6, 6.07) is 6.00. The molecule has 0 radical (unpaired) electrons. The maximum absolute atomic E-state index is 12.5. The first kappa shape index (κ1) is 19.5. The Balaban J connectivity index is 1.86. The van der Waals surface area contributed by atoms with Gasteiger partial charge in [0.15, 0.2) is 23.1 Å². The smallest absolute Gasteiger partial charge is 0.193 e. The van der Waals surface area contributed by atoms with Crippen molar-refractivity contribution in [2.45, 2.75) is 26.7 Å². The fourth-order valence-corrected chi connectivity index (χ4v) is 4.04. The Kier molecular flexibility index (Phi) is 4.31. The Labute approximate surface area is 172 Å². The summed E-state index contributed by atoms with van der Waals surface area (Å²) >= 11 is 0. The van der Waals surface area contributed by atoms with Crippen LogP contribution in [-0.2, 0) is 0 Å². The summed E-state index contributed by atoms with van der Waals surface area (Å²) in [5.74, 6) is -2.89. The van der Waals surface area contributed by atoms with Gasteiger partial charge in [0, 0.05) is 39.3 Å². The van der Waals surface area contributed by atoms with Crippen LogP contribution in [0.5, 0.6) is 11.5 Å². The van der Waals surface area contributed by atoms with Crippen molar-refractivity contribution in [2.24, 2.45) is 0 Å². The quantitative estimate of drug-likeness (QED) is 0.789. The average Bonchev–Trinajstić information content (AvgIpc) is 2.69. The second-order valence-electron chi connectivity index (χ2n) is 7.62. The van der Waals surface area contributed by atoms with E-state index in [2.05, 4.69) is 0 Å². The van der Waals surface area contributed by atoms with Gasteiger partial charge in [-0.05, 0) is 38.1 Å². The molecular formula is C24H18O6. The third-order valence-corrected chi connectivity index (χ3v) is 5.75. The molecule has 2 aromatic rings. The zero-order valence-electron chi connectivity index (χ0n) is 16.6. The summed E-state index contributed by atoms with van der Waals surface area (Å²) < 4.78 is 0. The van der Waals surface area contributed by atoms with Crippen molar-refractivity contribution in [2.75, 3.05) is 0 Å². The van der Waals surface area contributed by atoms with E-state index in [0.29, 0.717) is 16.7 Å². The lowest BCUT2D eigenvalue weighted by Crippen LogP contribution is -2.18. The number of rotatable bonds is 2. The van der Waals surface area contributed by atoms with Gasteiger partial charge in [-0.1, -0.05) is 19.1 Å². The van der Waals surface area contributed by atoms with Crippen LogP contribution in [0.2, 0.25) is 0 Å². The Morgan fingerprint density at radius 1 is 0.667 bits per heavy atom. The molecule has 4 rings (SSSR count). The third-order valence-electron chi connectivity index (χ3n) is 5.75. The molecule has 0 bridgehead atoms. The second kappa shape index (κ2) is 6.62. The maximum atomic E-state index is 12.5. The van der Waals surface area contributed by atoms with Gasteiger partial charge >= 0.3 is 0 Å². The lowest BCUT2D eigenvalue weighted by atomic mass is 9.81. The first-order valence-corrected chi connectivity index (χ1v) is 9.39. The predicted molar refractivity (Wildman–Crippen MR) is 109 cm³/mol. The molecule has 0 spiro atoms. The number of hydrogen-bond donors (Lipinski definition) is 2. The summed E-state index contributed by atoms with van der Waals surface area (Å²) in [6.07, 6.45) is 2.43. The number of allylic oxidation sites excluding steroid dienone is 4. The highest BCUT2D eigenvalue weighted by Crippen LogP contribution is 2.42. The van der Waals surface area contributed by atoms with E-state index in [1.807, 2.05) is 0 Å². The van der Waals surface area contributed by atoms with Crippen LogP contribution >= 0.6 is 0 Å². The van der Waals surface area contributed by atoms with Crippen LogP contribution in [0, 0.1) is 0 Å². The van der Waals surface area contributed by atoms with Crippen molar-refractivity contribution in [1.29, 1.82) is 0 Å². The molecule has 30 heavy (non-hydrogen) atoms. The number of ketones is 4. The van der Waals surface area contributed by atoms with Crippen molar-refractivity contribution < 1.29 is 29.4 Å². The van der Waals surface area contributed by atoms with Crippen LogP contribution in [0.1, 0.15) is 79.2 Å². The van der Waals surface area contributed by atoms with E-state index < -0.39 is 17.5 Å². The highest BCUT2D eigenvalue weighted by atomic mass is 16.3. The SMILES string of the molecule is CC1=CC(=O)c2c(ccc(C(C)c3ccc4c(c3O)C(=O)C(C)=CC4=O)c2O)C1=O. The Bertz CT molecular complexity index is 1260. The van der Waals surface area contributed by atoms with E-state index in [1.54, 1.807) is 6.92 Å². The number of fused-ring (bicyclic) bond motifs is 2. The van der Waals surface area contributed by atoms with Gasteiger partial charge in [0.05, 0.1) is 11.1 Å². The minimum Gasteiger partial charge on any atom is -0.507 e. The van der Waals surface area contributed by atoms with E-state index in [4.69, 9.17) is 0 Å². The molecule has 6 nitrogen and oxygen atoms in total. The summed E-state index contributed by atoms with van der Waals surface area (Å²) in [6.45, 7) is 4.74. The molecule has 2 aliphatic carbocycles. The van der Waals surface area contributed by atoms with E-state index in [9.17, 15) is 29.4 Å². The Hall–Kier alpha value is -3.80. The molecule has 2 N–H and O–H groups in total. The van der Waals surface area contributed by atoms with Gasteiger partial charge in [0.2, 0.25) is 0 Å². The number of carbonyl (C=O) groups excluding carboxylic acids is 4. The topological polar surface area (TPSA) is 109 Å². The van der Waals surface area contributed by atoms with Crippen molar-refractivity contribution >= 4 is 23.1 Å². The van der Waals surface area contributed by atoms with Gasteiger partial charge < -0.3 is 10.2 Å². The number of Topliss-reactive ketones (excluding diaryl/α,β-unsaturated/α-hetero) is 2. The summed E-state index contributed by atoms with van der Waals surface area (Å²) in [4.78, 5) is 49.5. The zero-order chi connectivity index (χ0) is 21.9. The molecule has 150 valence electrons. The normalized spacial score (nSPS) is 16.6. The zero-order valence-corrected chi connectivity index (χ0v) is 16.6. The molecule has 0 fully saturated rings. The second-order valence-corrected chi connectivity index (χ2v) is 7.62. The molecule has 1 unspecified atom stereocenters. The molecule has 2 aliphatic rings. The van der Waals surface area contributed by atoms with Crippen LogP contribution in [-0.4, -0.2) is 33.3 Å². The molecule has 2 aromatic carbocycles. The van der Waals surface area contributed by atoms with Gasteiger partial charge in [-0.3, -0.25) is 19.2 Å². The van der Waals surface area contributed by atoms with Crippen molar-refractivity contribution in [3.8, 4) is 11.5 Å². The van der Waals surface area contributed by atoms with E-state index in [0.717, 1.165) is 0 Å². The van der Waals surface area contributed by atoms with Gasteiger partial charge in [-0.15, -0.1) is 0 Å². The molecule has 0 saturated carbocycles. The molecular weight excluding hydrogens is 384 g/mol. The van der Waals surface area contributed by atoms with Gasteiger partial charge in [-0.25, -0.2) is 0 Å². The van der Waals surface area contributed by atoms with Crippen LogP contribution < -0.4 is 0 Å². The van der Waals surface area contributed by atoms with E-state index in [-0.39, 0.29) is 50.9 Å². The van der Waals surface area contributed by atoms with Crippen LogP contribution in [0.3, 0.4) is 0 Å². The standard InChI is InChI=1S/C24H18O6/c1-10-9-18(26)19-16(21(10)27)7-5-13(23(19)29)12(3)14-4-6-15-17(25)8-11(2)22(28)20(15)24(14)30/h4-9,12,29-30H,1-3H3. The number of hydrogen-bond acceptors (Lipinski definition) is 6. The van der Waals surface area contributed by atoms with Crippen molar-refractivity contribution in [3.05, 3.63) is 80.9 Å². The van der Waals surface area contributed by atoms with Crippen LogP contribution in [0.4, 0.5) is 0 Å². The summed E-state index contributed by atoms with van der Waals surface area (Å²) in [5, 5.41) is 21.6. The molecule has 0 heterocycles. The number of aromatic hydroxyl groups is 2. The molecule has 0 saturated heterocycles. The molecule has 0 aromatic heterocycles. The first-order chi connectivity index (χ1) is 14.1. The van der Waals surface area contributed by atoms with Gasteiger partial charge in [-0.2, -0.15) is 0 Å². The lowest BCUT2D eigenvalue weighted by molar-refractivity contribution is 0.0981. The molecule has 1 atom stereocenters. The maximum Gasteiger partial charge on any atom is 0.193 e. The van der Waals surface area contributed by atoms with Crippen LogP contribution in [0.25, 0.3) is 0 Å². The highest BCUT2D eigenvalue weighted by Gasteiger charge is 2.32. The minimum atomic E-state index is -0.621. The average molecular weight is 402 g/mol. The molecule has 6 heteroatoms. The lowest BCUT2D eigenvalue weighted by Gasteiger charge is -2.22. The van der Waals surface area contributed by atoms with Crippen molar-refractivity contribution in [1.82, 2.24) is 0 Å². The minimum absolute atomic E-state index is 0.0633.